The van der Waals surface area contributed by atoms with E-state index in [1.807, 2.05) is 0 Å². The number of hydrogen-bond acceptors (Lipinski definition) is 4. The predicted molar refractivity (Wildman–Crippen MR) is 75.5 cm³/mol. The largest absolute Gasteiger partial charge is 0.388 e. The molecule has 0 amide bonds. The zero-order chi connectivity index (χ0) is 14.1. The van der Waals surface area contributed by atoms with Crippen molar-refractivity contribution in [3.63, 3.8) is 0 Å². The molecule has 1 aromatic heterocycles. The summed E-state index contributed by atoms with van der Waals surface area (Å²) in [6, 6.07) is 4.70. The smallest absolute Gasteiger partial charge is 0.271 e. The molecule has 2 heterocycles. The first-order chi connectivity index (χ1) is 9.66. The number of rotatable bonds is 3. The van der Waals surface area contributed by atoms with E-state index in [0.717, 1.165) is 36.9 Å². The second-order valence-electron chi connectivity index (χ2n) is 5.26. The van der Waals surface area contributed by atoms with E-state index in [2.05, 4.69) is 10.3 Å². The molecule has 1 saturated heterocycles. The van der Waals surface area contributed by atoms with E-state index in [4.69, 9.17) is 0 Å². The maximum absolute atomic E-state index is 10.8. The fraction of sp³-hybridized carbons (Fsp3) is 0.429. The van der Waals surface area contributed by atoms with Crippen LogP contribution in [0.1, 0.15) is 24.5 Å². The molecular formula is C14H17N3O3. The van der Waals surface area contributed by atoms with Crippen LogP contribution in [0.15, 0.2) is 24.4 Å². The van der Waals surface area contributed by atoms with Crippen molar-refractivity contribution in [1.29, 1.82) is 0 Å². The van der Waals surface area contributed by atoms with Crippen molar-refractivity contribution in [2.24, 2.45) is 5.92 Å². The molecule has 1 aliphatic heterocycles. The molecule has 2 aromatic rings. The fourth-order valence-corrected chi connectivity index (χ4v) is 2.91. The van der Waals surface area contributed by atoms with Gasteiger partial charge in [0.1, 0.15) is 0 Å². The third-order valence-electron chi connectivity index (χ3n) is 4.06. The number of H-pyrrole nitrogens is 1. The molecule has 0 radical (unpaired) electrons. The minimum absolute atomic E-state index is 0.0576. The number of aromatic amines is 1. The number of piperidine rings is 1. The summed E-state index contributed by atoms with van der Waals surface area (Å²) in [5, 5.41) is 25.4. The van der Waals surface area contributed by atoms with Crippen LogP contribution in [0.2, 0.25) is 0 Å². The minimum atomic E-state index is -0.521. The molecule has 3 rings (SSSR count). The zero-order valence-electron chi connectivity index (χ0n) is 11.0. The van der Waals surface area contributed by atoms with Crippen LogP contribution in [-0.4, -0.2) is 28.1 Å². The lowest BCUT2D eigenvalue weighted by atomic mass is 9.88. The predicted octanol–water partition coefficient (Wildman–Crippen LogP) is 2.11. The van der Waals surface area contributed by atoms with Gasteiger partial charge in [0.25, 0.3) is 5.69 Å². The number of nitrogens with one attached hydrogen (secondary N) is 2. The third kappa shape index (κ3) is 2.28. The number of fused-ring (bicyclic) bond motifs is 1. The normalized spacial score (nSPS) is 18.2. The Balaban J connectivity index is 1.93. The lowest BCUT2D eigenvalue weighted by Crippen LogP contribution is -2.30. The number of nitro benzene ring substituents is 1. The van der Waals surface area contributed by atoms with Crippen LogP contribution in [0.4, 0.5) is 5.69 Å². The Hall–Kier alpha value is -1.92. The van der Waals surface area contributed by atoms with Gasteiger partial charge in [0.2, 0.25) is 0 Å². The van der Waals surface area contributed by atoms with Crippen LogP contribution in [-0.2, 0) is 0 Å². The Kier molecular flexibility index (Phi) is 3.42. The van der Waals surface area contributed by atoms with Gasteiger partial charge in [-0.2, -0.15) is 0 Å². The Morgan fingerprint density at radius 2 is 2.10 bits per heavy atom. The summed E-state index contributed by atoms with van der Waals surface area (Å²) in [7, 11) is 0. The molecule has 106 valence electrons. The maximum Gasteiger partial charge on any atom is 0.271 e. The topological polar surface area (TPSA) is 91.2 Å². The zero-order valence-corrected chi connectivity index (χ0v) is 11.0. The van der Waals surface area contributed by atoms with E-state index < -0.39 is 11.0 Å². The molecule has 0 spiro atoms. The second kappa shape index (κ2) is 5.22. The molecule has 20 heavy (non-hydrogen) atoms. The second-order valence-corrected chi connectivity index (χ2v) is 5.26. The van der Waals surface area contributed by atoms with Gasteiger partial charge < -0.3 is 15.4 Å². The van der Waals surface area contributed by atoms with E-state index in [1.54, 1.807) is 12.3 Å². The molecule has 6 nitrogen and oxygen atoms in total. The summed E-state index contributed by atoms with van der Waals surface area (Å²) in [4.78, 5) is 13.4. The summed E-state index contributed by atoms with van der Waals surface area (Å²) in [6.45, 7) is 1.85. The van der Waals surface area contributed by atoms with Gasteiger partial charge in [-0.15, -0.1) is 0 Å². The van der Waals surface area contributed by atoms with Crippen molar-refractivity contribution in [3.8, 4) is 0 Å². The standard InChI is InChI=1S/C14H17N3O3/c18-14(9-3-5-15-6-4-9)12-8-16-13-7-10(17(19)20)1-2-11(12)13/h1-2,7-9,14-16,18H,3-6H2. The van der Waals surface area contributed by atoms with Crippen molar-refractivity contribution in [3.05, 3.63) is 40.1 Å². The quantitative estimate of drug-likeness (QED) is 0.591. The average molecular weight is 275 g/mol. The van der Waals surface area contributed by atoms with Crippen molar-refractivity contribution >= 4 is 16.6 Å². The number of aromatic nitrogens is 1. The van der Waals surface area contributed by atoms with Crippen molar-refractivity contribution in [1.82, 2.24) is 10.3 Å². The summed E-state index contributed by atoms with van der Waals surface area (Å²) >= 11 is 0. The first kappa shape index (κ1) is 13.1. The van der Waals surface area contributed by atoms with Gasteiger partial charge in [-0.1, -0.05) is 0 Å². The van der Waals surface area contributed by atoms with Gasteiger partial charge in [0.15, 0.2) is 0 Å². The highest BCUT2D eigenvalue weighted by Crippen LogP contribution is 2.34. The van der Waals surface area contributed by atoms with Gasteiger partial charge in [0, 0.05) is 29.3 Å². The van der Waals surface area contributed by atoms with E-state index >= 15 is 0 Å². The number of aliphatic hydroxyl groups excluding tert-OH is 1. The number of non-ortho nitro benzene ring substituents is 1. The van der Waals surface area contributed by atoms with Gasteiger partial charge in [-0.25, -0.2) is 0 Å². The molecule has 0 bridgehead atoms. The van der Waals surface area contributed by atoms with Crippen LogP contribution in [0.25, 0.3) is 10.9 Å². The van der Waals surface area contributed by atoms with Crippen molar-refractivity contribution in [2.45, 2.75) is 18.9 Å². The lowest BCUT2D eigenvalue weighted by molar-refractivity contribution is -0.384. The minimum Gasteiger partial charge on any atom is -0.388 e. The Morgan fingerprint density at radius 1 is 1.35 bits per heavy atom. The SMILES string of the molecule is O=[N+]([O-])c1ccc2c(C(O)C3CCNCC3)c[nH]c2c1. The van der Waals surface area contributed by atoms with Crippen LogP contribution in [0, 0.1) is 16.0 Å². The first-order valence-corrected chi connectivity index (χ1v) is 6.81. The number of nitro groups is 1. The molecule has 1 fully saturated rings. The molecule has 3 N–H and O–H groups in total. The average Bonchev–Trinajstić information content (AvgIpc) is 2.90. The number of nitrogens with zero attached hydrogens (tertiary/aromatic N) is 1. The monoisotopic (exact) mass is 275 g/mol. The van der Waals surface area contributed by atoms with Gasteiger partial charge in [0.05, 0.1) is 16.5 Å². The van der Waals surface area contributed by atoms with Gasteiger partial charge >= 0.3 is 0 Å². The van der Waals surface area contributed by atoms with Crippen LogP contribution < -0.4 is 5.32 Å². The van der Waals surface area contributed by atoms with E-state index in [0.29, 0.717) is 5.52 Å². The lowest BCUT2D eigenvalue weighted by Gasteiger charge is -2.27. The highest BCUT2D eigenvalue weighted by Gasteiger charge is 2.25. The molecule has 1 aliphatic rings. The highest BCUT2D eigenvalue weighted by molar-refractivity contribution is 5.85. The first-order valence-electron chi connectivity index (χ1n) is 6.81. The molecule has 6 heteroatoms. The fourth-order valence-electron chi connectivity index (χ4n) is 2.91. The molecule has 0 saturated carbocycles. The Morgan fingerprint density at radius 3 is 2.80 bits per heavy atom. The maximum atomic E-state index is 10.8. The summed E-state index contributed by atoms with van der Waals surface area (Å²) in [5.74, 6) is 0.241. The van der Waals surface area contributed by atoms with Gasteiger partial charge in [-0.05, 0) is 37.9 Å². The van der Waals surface area contributed by atoms with Crippen molar-refractivity contribution < 1.29 is 10.0 Å². The number of hydrogen-bond donors (Lipinski definition) is 3. The van der Waals surface area contributed by atoms with Crippen LogP contribution in [0.3, 0.4) is 0 Å². The number of aliphatic hydroxyl groups is 1. The number of benzene rings is 1. The summed E-state index contributed by atoms with van der Waals surface area (Å²) in [5.41, 5.74) is 1.59. The molecule has 1 aromatic carbocycles. The highest BCUT2D eigenvalue weighted by atomic mass is 16.6. The molecule has 0 aliphatic carbocycles. The van der Waals surface area contributed by atoms with E-state index in [9.17, 15) is 15.2 Å². The Labute approximate surface area is 116 Å². The molecule has 1 atom stereocenters. The van der Waals surface area contributed by atoms with Crippen LogP contribution >= 0.6 is 0 Å². The van der Waals surface area contributed by atoms with Crippen molar-refractivity contribution in [2.75, 3.05) is 13.1 Å². The van der Waals surface area contributed by atoms with Gasteiger partial charge in [-0.3, -0.25) is 10.1 Å². The third-order valence-corrected chi connectivity index (χ3v) is 4.06. The summed E-state index contributed by atoms with van der Waals surface area (Å²) in [6.07, 6.45) is 3.13. The van der Waals surface area contributed by atoms with E-state index in [-0.39, 0.29) is 11.6 Å². The van der Waals surface area contributed by atoms with Crippen LogP contribution in [0.5, 0.6) is 0 Å². The molecular weight excluding hydrogens is 258 g/mol. The summed E-state index contributed by atoms with van der Waals surface area (Å²) < 4.78 is 0. The molecule has 1 unspecified atom stereocenters. The van der Waals surface area contributed by atoms with E-state index in [1.165, 1.54) is 12.1 Å². The Bertz CT molecular complexity index is 632.